The summed E-state index contributed by atoms with van der Waals surface area (Å²) in [5.41, 5.74) is -0.0801. The van der Waals surface area contributed by atoms with E-state index in [4.69, 9.17) is 24.1 Å². The summed E-state index contributed by atoms with van der Waals surface area (Å²) in [4.78, 5) is 12.3. The summed E-state index contributed by atoms with van der Waals surface area (Å²) in [6.07, 6.45) is -7.78. The first-order chi connectivity index (χ1) is 11.8. The average molecular weight is 360 g/mol. The molecule has 1 saturated heterocycles. The van der Waals surface area contributed by atoms with E-state index in [1.807, 2.05) is 0 Å². The predicted molar refractivity (Wildman–Crippen MR) is 80.4 cm³/mol. The number of rotatable bonds is 5. The Morgan fingerprint density at radius 2 is 1.64 bits per heavy atom. The normalized spacial score (nSPS) is 29.1. The van der Waals surface area contributed by atoms with Crippen molar-refractivity contribution in [1.82, 2.24) is 0 Å². The number of esters is 1. The Kier molecular flexibility index (Phi) is 6.03. The molecule has 0 aliphatic carbocycles. The molecule has 1 aromatic rings. The molecule has 0 amide bonds. The van der Waals surface area contributed by atoms with Crippen LogP contribution in [-0.4, -0.2) is 83.0 Å². The lowest BCUT2D eigenvalue weighted by molar-refractivity contribution is -0.285. The van der Waals surface area contributed by atoms with Crippen molar-refractivity contribution < 1.29 is 49.3 Å². The minimum atomic E-state index is -1.72. The van der Waals surface area contributed by atoms with Gasteiger partial charge < -0.3 is 44.5 Å². The number of aromatic hydroxyl groups is 1. The molecule has 0 aromatic heterocycles. The SMILES string of the molecule is COc1cc(C(=O)O[C@@H]2O[C@H](CO)[C@@H](O)[C@H](O)[C@H]2O)cc(OC)c1O. The minimum absolute atomic E-state index is 0.0416. The van der Waals surface area contributed by atoms with Gasteiger partial charge in [-0.1, -0.05) is 0 Å². The summed E-state index contributed by atoms with van der Waals surface area (Å²) in [6.45, 7) is -0.653. The van der Waals surface area contributed by atoms with Crippen molar-refractivity contribution in [3.05, 3.63) is 17.7 Å². The van der Waals surface area contributed by atoms with Crippen LogP contribution in [0.3, 0.4) is 0 Å². The first-order valence-electron chi connectivity index (χ1n) is 7.30. The maximum absolute atomic E-state index is 12.3. The van der Waals surface area contributed by atoms with E-state index >= 15 is 0 Å². The van der Waals surface area contributed by atoms with E-state index in [2.05, 4.69) is 0 Å². The van der Waals surface area contributed by atoms with Gasteiger partial charge in [0.05, 0.1) is 26.4 Å². The van der Waals surface area contributed by atoms with Gasteiger partial charge in [-0.3, -0.25) is 0 Å². The quantitative estimate of drug-likeness (QED) is 0.386. The van der Waals surface area contributed by atoms with E-state index in [0.717, 1.165) is 0 Å². The summed E-state index contributed by atoms with van der Waals surface area (Å²) >= 11 is 0. The Bertz CT molecular complexity index is 591. The van der Waals surface area contributed by atoms with E-state index < -0.39 is 43.3 Å². The molecule has 25 heavy (non-hydrogen) atoms. The van der Waals surface area contributed by atoms with Gasteiger partial charge in [0.25, 0.3) is 0 Å². The summed E-state index contributed by atoms with van der Waals surface area (Å²) in [5, 5.41) is 48.2. The zero-order valence-corrected chi connectivity index (χ0v) is 13.5. The van der Waals surface area contributed by atoms with Crippen LogP contribution in [0.5, 0.6) is 17.2 Å². The van der Waals surface area contributed by atoms with Crippen LogP contribution in [0.2, 0.25) is 0 Å². The molecule has 10 nitrogen and oxygen atoms in total. The lowest BCUT2D eigenvalue weighted by Gasteiger charge is -2.39. The number of carbonyl (C=O) groups is 1. The Balaban J connectivity index is 2.21. The summed E-state index contributed by atoms with van der Waals surface area (Å²) in [6, 6.07) is 2.37. The van der Waals surface area contributed by atoms with Gasteiger partial charge in [-0.25, -0.2) is 4.79 Å². The number of hydrogen-bond donors (Lipinski definition) is 5. The lowest BCUT2D eigenvalue weighted by atomic mass is 9.99. The van der Waals surface area contributed by atoms with Gasteiger partial charge in [-0.05, 0) is 12.1 Å². The Labute approximate surface area is 142 Å². The Hall–Kier alpha value is -2.11. The average Bonchev–Trinajstić information content (AvgIpc) is 2.62. The monoisotopic (exact) mass is 360 g/mol. The number of ether oxygens (including phenoxy) is 4. The topological polar surface area (TPSA) is 155 Å². The van der Waals surface area contributed by atoms with E-state index in [0.29, 0.717) is 0 Å². The summed E-state index contributed by atoms with van der Waals surface area (Å²) in [7, 11) is 2.56. The highest BCUT2D eigenvalue weighted by molar-refractivity contribution is 5.91. The molecule has 10 heteroatoms. The molecule has 1 aliphatic heterocycles. The molecule has 5 N–H and O–H groups in total. The van der Waals surface area contributed by atoms with Crippen molar-refractivity contribution >= 4 is 5.97 Å². The number of carbonyl (C=O) groups excluding carboxylic acids is 1. The van der Waals surface area contributed by atoms with Gasteiger partial charge >= 0.3 is 5.97 Å². The fourth-order valence-corrected chi connectivity index (χ4v) is 2.35. The maximum atomic E-state index is 12.3. The maximum Gasteiger partial charge on any atom is 0.340 e. The van der Waals surface area contributed by atoms with Crippen LogP contribution in [-0.2, 0) is 9.47 Å². The summed E-state index contributed by atoms with van der Waals surface area (Å²) < 4.78 is 19.9. The van der Waals surface area contributed by atoms with E-state index in [1.54, 1.807) is 0 Å². The zero-order valence-electron chi connectivity index (χ0n) is 13.5. The molecule has 1 aliphatic rings. The van der Waals surface area contributed by atoms with Crippen LogP contribution in [0.4, 0.5) is 0 Å². The van der Waals surface area contributed by atoms with Crippen molar-refractivity contribution in [2.75, 3.05) is 20.8 Å². The number of aliphatic hydroxyl groups is 4. The second-order valence-electron chi connectivity index (χ2n) is 5.33. The molecule has 2 rings (SSSR count). The molecule has 5 atom stereocenters. The third-order valence-electron chi connectivity index (χ3n) is 3.79. The van der Waals surface area contributed by atoms with E-state index in [-0.39, 0.29) is 22.8 Å². The van der Waals surface area contributed by atoms with Crippen molar-refractivity contribution in [3.63, 3.8) is 0 Å². The zero-order chi connectivity index (χ0) is 18.7. The number of methoxy groups -OCH3 is 2. The van der Waals surface area contributed by atoms with Crippen molar-refractivity contribution in [3.8, 4) is 17.2 Å². The van der Waals surface area contributed by atoms with Gasteiger partial charge in [0.1, 0.15) is 24.4 Å². The van der Waals surface area contributed by atoms with Crippen LogP contribution in [0.15, 0.2) is 12.1 Å². The number of benzene rings is 1. The Morgan fingerprint density at radius 1 is 1.08 bits per heavy atom. The van der Waals surface area contributed by atoms with Gasteiger partial charge in [0, 0.05) is 0 Å². The standard InChI is InChI=1S/C15H20O10/c1-22-7-3-6(4-8(23-2)10(7)17)14(21)25-15-13(20)12(19)11(18)9(5-16)24-15/h3-4,9,11-13,15-20H,5H2,1-2H3/t9-,11-,12+,13-,15+/m1/s1. The molecule has 0 unspecified atom stereocenters. The molecule has 1 aromatic carbocycles. The highest BCUT2D eigenvalue weighted by Crippen LogP contribution is 2.37. The number of phenolic OH excluding ortho intramolecular Hbond substituents is 1. The molecule has 0 saturated carbocycles. The molecule has 0 bridgehead atoms. The third kappa shape index (κ3) is 3.78. The number of hydrogen-bond acceptors (Lipinski definition) is 10. The summed E-state index contributed by atoms with van der Waals surface area (Å²) in [5.74, 6) is -1.37. The van der Waals surface area contributed by atoms with Crippen LogP contribution in [0.1, 0.15) is 10.4 Å². The van der Waals surface area contributed by atoms with Gasteiger partial charge in [-0.2, -0.15) is 0 Å². The smallest absolute Gasteiger partial charge is 0.340 e. The van der Waals surface area contributed by atoms with Crippen LogP contribution < -0.4 is 9.47 Å². The van der Waals surface area contributed by atoms with Crippen molar-refractivity contribution in [2.45, 2.75) is 30.7 Å². The van der Waals surface area contributed by atoms with E-state index in [1.165, 1.54) is 26.4 Å². The fraction of sp³-hybridized carbons (Fsp3) is 0.533. The number of phenols is 1. The van der Waals surface area contributed by atoms with Gasteiger partial charge in [-0.15, -0.1) is 0 Å². The molecule has 140 valence electrons. The third-order valence-corrected chi connectivity index (χ3v) is 3.79. The molecule has 0 radical (unpaired) electrons. The molecule has 0 spiro atoms. The molecular weight excluding hydrogens is 340 g/mol. The van der Waals surface area contributed by atoms with Gasteiger partial charge in [0.2, 0.25) is 12.0 Å². The largest absolute Gasteiger partial charge is 0.502 e. The fourth-order valence-electron chi connectivity index (χ4n) is 2.35. The van der Waals surface area contributed by atoms with Crippen molar-refractivity contribution in [2.24, 2.45) is 0 Å². The van der Waals surface area contributed by atoms with Crippen molar-refractivity contribution in [1.29, 1.82) is 0 Å². The lowest BCUT2D eigenvalue weighted by Crippen LogP contribution is -2.59. The minimum Gasteiger partial charge on any atom is -0.502 e. The molecule has 1 fully saturated rings. The highest BCUT2D eigenvalue weighted by Gasteiger charge is 2.45. The Morgan fingerprint density at radius 3 is 2.12 bits per heavy atom. The van der Waals surface area contributed by atoms with Crippen LogP contribution in [0, 0.1) is 0 Å². The first kappa shape index (κ1) is 19.2. The molecular formula is C15H20O10. The molecule has 1 heterocycles. The van der Waals surface area contributed by atoms with Crippen LogP contribution in [0.25, 0.3) is 0 Å². The predicted octanol–water partition coefficient (Wildman–Crippen LogP) is -1.63. The van der Waals surface area contributed by atoms with Crippen LogP contribution >= 0.6 is 0 Å². The van der Waals surface area contributed by atoms with Gasteiger partial charge in [0.15, 0.2) is 11.5 Å². The van der Waals surface area contributed by atoms with E-state index in [9.17, 15) is 25.2 Å². The second-order valence-corrected chi connectivity index (χ2v) is 5.33. The highest BCUT2D eigenvalue weighted by atomic mass is 16.7. The number of aliphatic hydroxyl groups excluding tert-OH is 4. The second kappa shape index (κ2) is 7.85. The first-order valence-corrected chi connectivity index (χ1v) is 7.30.